The SMILES string of the molecule is CCCOc1cc(NC(=O)OC(C)(C)C)c(NC(=O)CC(=O)c2cccc(-c3ccc(C4CC4)nc3)c2)cc1C(F)(F)F. The van der Waals surface area contributed by atoms with Crippen molar-refractivity contribution in [2.75, 3.05) is 17.2 Å². The van der Waals surface area contributed by atoms with Crippen LogP contribution in [0.3, 0.4) is 0 Å². The van der Waals surface area contributed by atoms with E-state index in [9.17, 15) is 27.6 Å². The predicted molar refractivity (Wildman–Crippen MR) is 156 cm³/mol. The van der Waals surface area contributed by atoms with E-state index in [1.54, 1.807) is 52.1 Å². The summed E-state index contributed by atoms with van der Waals surface area (Å²) in [6, 6.07) is 12.2. The molecule has 43 heavy (non-hydrogen) atoms. The molecule has 0 saturated heterocycles. The maximum absolute atomic E-state index is 13.9. The Bertz CT molecular complexity index is 1490. The molecule has 0 radical (unpaired) electrons. The minimum absolute atomic E-state index is 0.00501. The molecule has 2 aromatic carbocycles. The largest absolute Gasteiger partial charge is 0.493 e. The van der Waals surface area contributed by atoms with Crippen LogP contribution in [0.1, 0.15) is 80.9 Å². The number of rotatable bonds is 10. The number of anilines is 2. The maximum Gasteiger partial charge on any atom is 0.420 e. The van der Waals surface area contributed by atoms with Crippen LogP contribution in [0.4, 0.5) is 29.3 Å². The van der Waals surface area contributed by atoms with E-state index >= 15 is 0 Å². The summed E-state index contributed by atoms with van der Waals surface area (Å²) in [5.41, 5.74) is 0.253. The molecule has 0 atom stereocenters. The summed E-state index contributed by atoms with van der Waals surface area (Å²) < 4.78 is 52.3. The van der Waals surface area contributed by atoms with Gasteiger partial charge in [0.05, 0.1) is 30.0 Å². The molecule has 2 amide bonds. The quantitative estimate of drug-likeness (QED) is 0.181. The van der Waals surface area contributed by atoms with Gasteiger partial charge in [-0.15, -0.1) is 0 Å². The normalized spacial score (nSPS) is 13.3. The lowest BCUT2D eigenvalue weighted by molar-refractivity contribution is -0.139. The number of carbonyl (C=O) groups excluding carboxylic acids is 3. The zero-order chi connectivity index (χ0) is 31.4. The van der Waals surface area contributed by atoms with Crippen molar-refractivity contribution < 1.29 is 37.0 Å². The van der Waals surface area contributed by atoms with Crippen molar-refractivity contribution in [1.29, 1.82) is 0 Å². The fraction of sp³-hybridized carbons (Fsp3) is 0.375. The van der Waals surface area contributed by atoms with E-state index < -0.39 is 47.3 Å². The number of Topliss-reactive ketones (excluding diaryl/α,β-unsaturated/α-hetero) is 1. The number of carbonyl (C=O) groups is 3. The molecule has 0 spiro atoms. The van der Waals surface area contributed by atoms with Crippen LogP contribution in [-0.4, -0.2) is 35.0 Å². The van der Waals surface area contributed by atoms with Crippen molar-refractivity contribution in [2.45, 2.75) is 71.1 Å². The molecule has 1 saturated carbocycles. The minimum atomic E-state index is -4.82. The Morgan fingerprint density at radius 1 is 0.953 bits per heavy atom. The first-order chi connectivity index (χ1) is 20.2. The summed E-state index contributed by atoms with van der Waals surface area (Å²) in [5, 5.41) is 4.73. The van der Waals surface area contributed by atoms with Crippen LogP contribution in [0.15, 0.2) is 54.7 Å². The van der Waals surface area contributed by atoms with Crippen molar-refractivity contribution in [2.24, 2.45) is 0 Å². The molecule has 11 heteroatoms. The highest BCUT2D eigenvalue weighted by Crippen LogP contribution is 2.42. The molecule has 0 unspecified atom stereocenters. The summed E-state index contributed by atoms with van der Waals surface area (Å²) >= 11 is 0. The smallest absolute Gasteiger partial charge is 0.420 e. The fourth-order valence-corrected chi connectivity index (χ4v) is 4.26. The van der Waals surface area contributed by atoms with Crippen molar-refractivity contribution in [3.63, 3.8) is 0 Å². The van der Waals surface area contributed by atoms with E-state index in [1.807, 2.05) is 18.2 Å². The number of pyridine rings is 1. The third-order valence-electron chi connectivity index (χ3n) is 6.42. The lowest BCUT2D eigenvalue weighted by Gasteiger charge is -2.22. The number of hydrogen-bond donors (Lipinski definition) is 2. The molecule has 1 heterocycles. The average Bonchev–Trinajstić information content (AvgIpc) is 3.77. The van der Waals surface area contributed by atoms with E-state index in [0.717, 1.165) is 35.7 Å². The number of hydrogen-bond acceptors (Lipinski definition) is 6. The molecule has 4 rings (SSSR count). The van der Waals surface area contributed by atoms with Gasteiger partial charge in [-0.2, -0.15) is 13.2 Å². The molecule has 1 fully saturated rings. The van der Waals surface area contributed by atoms with Crippen LogP contribution in [0.5, 0.6) is 5.75 Å². The Kier molecular flexibility index (Phi) is 9.42. The standard InChI is InChI=1S/C32H34F3N3O5/c1-5-13-42-28-16-26(38-30(41)43-31(2,3)4)25(15-23(28)32(33,34)35)37-29(40)17-27(39)21-8-6-7-20(14-21)22-11-12-24(36-18-22)19-9-10-19/h6-8,11-12,14-16,18-19H,5,9-10,13,17H2,1-4H3,(H,37,40)(H,38,41). The Morgan fingerprint density at radius 3 is 2.28 bits per heavy atom. The van der Waals surface area contributed by atoms with Crippen molar-refractivity contribution in [3.8, 4) is 16.9 Å². The monoisotopic (exact) mass is 597 g/mol. The van der Waals surface area contributed by atoms with Gasteiger partial charge in [-0.05, 0) is 63.8 Å². The summed E-state index contributed by atoms with van der Waals surface area (Å²) in [6.45, 7) is 6.60. The molecular formula is C32H34F3N3O5. The second-order valence-corrected chi connectivity index (χ2v) is 11.3. The van der Waals surface area contributed by atoms with Crippen LogP contribution < -0.4 is 15.4 Å². The Labute approximate surface area is 248 Å². The van der Waals surface area contributed by atoms with E-state index in [0.29, 0.717) is 18.4 Å². The van der Waals surface area contributed by atoms with Gasteiger partial charge in [-0.3, -0.25) is 19.9 Å². The molecule has 0 bridgehead atoms. The van der Waals surface area contributed by atoms with E-state index in [4.69, 9.17) is 9.47 Å². The first-order valence-electron chi connectivity index (χ1n) is 14.0. The molecule has 1 aromatic heterocycles. The van der Waals surface area contributed by atoms with E-state index in [2.05, 4.69) is 15.6 Å². The number of amides is 2. The highest BCUT2D eigenvalue weighted by Gasteiger charge is 2.36. The molecular weight excluding hydrogens is 563 g/mol. The van der Waals surface area contributed by atoms with E-state index in [-0.39, 0.29) is 23.5 Å². The van der Waals surface area contributed by atoms with Gasteiger partial charge in [0, 0.05) is 35.0 Å². The molecule has 1 aliphatic rings. The summed E-state index contributed by atoms with van der Waals surface area (Å²) in [7, 11) is 0. The zero-order valence-corrected chi connectivity index (χ0v) is 24.4. The van der Waals surface area contributed by atoms with Crippen molar-refractivity contribution >= 4 is 29.2 Å². The highest BCUT2D eigenvalue weighted by atomic mass is 19.4. The third-order valence-corrected chi connectivity index (χ3v) is 6.42. The lowest BCUT2D eigenvalue weighted by atomic mass is 10.0. The number of halogens is 3. The van der Waals surface area contributed by atoms with Crippen LogP contribution in [0.25, 0.3) is 11.1 Å². The second-order valence-electron chi connectivity index (χ2n) is 11.3. The van der Waals surface area contributed by atoms with Crippen LogP contribution in [-0.2, 0) is 15.7 Å². The van der Waals surface area contributed by atoms with Gasteiger partial charge in [-0.25, -0.2) is 4.79 Å². The third kappa shape index (κ3) is 8.79. The Hall–Kier alpha value is -4.41. The Balaban J connectivity index is 1.55. The predicted octanol–water partition coefficient (Wildman–Crippen LogP) is 7.99. The van der Waals surface area contributed by atoms with Gasteiger partial charge in [-0.1, -0.05) is 31.2 Å². The first-order valence-corrected chi connectivity index (χ1v) is 14.0. The maximum atomic E-state index is 13.9. The summed E-state index contributed by atoms with van der Waals surface area (Å²) in [4.78, 5) is 43.0. The number of ketones is 1. The molecule has 2 N–H and O–H groups in total. The van der Waals surface area contributed by atoms with Gasteiger partial charge < -0.3 is 14.8 Å². The van der Waals surface area contributed by atoms with Crippen molar-refractivity contribution in [3.05, 3.63) is 71.5 Å². The topological polar surface area (TPSA) is 107 Å². The van der Waals surface area contributed by atoms with Gasteiger partial charge in [0.1, 0.15) is 11.4 Å². The Morgan fingerprint density at radius 2 is 1.67 bits per heavy atom. The van der Waals surface area contributed by atoms with E-state index in [1.165, 1.54) is 0 Å². The molecule has 8 nitrogen and oxygen atoms in total. The number of nitrogens with one attached hydrogen (secondary N) is 2. The summed E-state index contributed by atoms with van der Waals surface area (Å²) in [5.74, 6) is -1.42. The minimum Gasteiger partial charge on any atom is -0.493 e. The van der Waals surface area contributed by atoms with Gasteiger partial charge in [0.2, 0.25) is 5.91 Å². The zero-order valence-electron chi connectivity index (χ0n) is 24.4. The highest BCUT2D eigenvalue weighted by molar-refractivity contribution is 6.12. The second kappa shape index (κ2) is 12.8. The van der Waals surface area contributed by atoms with Gasteiger partial charge >= 0.3 is 12.3 Å². The summed E-state index contributed by atoms with van der Waals surface area (Å²) in [6.07, 6.45) is -1.97. The van der Waals surface area contributed by atoms with Crippen LogP contribution in [0.2, 0.25) is 0 Å². The van der Waals surface area contributed by atoms with Gasteiger partial charge in [0.15, 0.2) is 5.78 Å². The van der Waals surface area contributed by atoms with Crippen LogP contribution in [0, 0.1) is 0 Å². The molecule has 0 aliphatic heterocycles. The molecule has 228 valence electrons. The number of ether oxygens (including phenoxy) is 2. The van der Waals surface area contributed by atoms with Gasteiger partial charge in [0.25, 0.3) is 0 Å². The number of alkyl halides is 3. The number of aromatic nitrogens is 1. The first kappa shape index (κ1) is 31.5. The number of nitrogens with zero attached hydrogens (tertiary/aromatic N) is 1. The number of benzene rings is 2. The average molecular weight is 598 g/mol. The molecule has 3 aromatic rings. The lowest BCUT2D eigenvalue weighted by Crippen LogP contribution is -2.28. The van der Waals surface area contributed by atoms with Crippen molar-refractivity contribution in [1.82, 2.24) is 4.98 Å². The fourth-order valence-electron chi connectivity index (χ4n) is 4.26. The molecule has 1 aliphatic carbocycles. The van der Waals surface area contributed by atoms with Crippen LogP contribution >= 0.6 is 0 Å².